The van der Waals surface area contributed by atoms with E-state index in [1.165, 1.54) is 23.8 Å². The standard InChI is InChI=1S/C25H18Cl2N2O5S/c1-33-21-12-15(2-11-20(21)34-14-23(30)31)13-22-24(32)29(19-9-5-17(27)6-10-19)25(35-22)28-18-7-3-16(26)4-8-18/h2-13H,14H2,1H3,(H,30,31)/b22-13-,28-25?. The van der Waals surface area contributed by atoms with Crippen LogP contribution in [0.4, 0.5) is 11.4 Å². The molecule has 1 heterocycles. The Hall–Kier alpha value is -3.46. The fraction of sp³-hybridized carbons (Fsp3) is 0.0800. The molecule has 0 unspecified atom stereocenters. The van der Waals surface area contributed by atoms with Crippen LogP contribution in [0, 0.1) is 0 Å². The molecule has 1 aliphatic heterocycles. The Morgan fingerprint density at radius 3 is 2.31 bits per heavy atom. The minimum atomic E-state index is -1.10. The summed E-state index contributed by atoms with van der Waals surface area (Å²) in [5.41, 5.74) is 1.94. The van der Waals surface area contributed by atoms with Crippen molar-refractivity contribution in [3.8, 4) is 11.5 Å². The average Bonchev–Trinajstić information content (AvgIpc) is 3.14. The average molecular weight is 529 g/mol. The van der Waals surface area contributed by atoms with E-state index in [0.29, 0.717) is 42.8 Å². The highest BCUT2D eigenvalue weighted by Crippen LogP contribution is 2.38. The summed E-state index contributed by atoms with van der Waals surface area (Å²) < 4.78 is 10.6. The molecule has 1 aliphatic rings. The number of hydrogen-bond acceptors (Lipinski definition) is 6. The normalized spacial score (nSPS) is 15.6. The number of carbonyl (C=O) groups excluding carboxylic acids is 1. The number of thioether (sulfide) groups is 1. The predicted octanol–water partition coefficient (Wildman–Crippen LogP) is 6.27. The zero-order chi connectivity index (χ0) is 24.9. The maximum atomic E-state index is 13.4. The van der Waals surface area contributed by atoms with E-state index in [0.717, 1.165) is 0 Å². The lowest BCUT2D eigenvalue weighted by Crippen LogP contribution is -2.28. The molecule has 0 aromatic heterocycles. The van der Waals surface area contributed by atoms with Crippen molar-refractivity contribution in [1.82, 2.24) is 0 Å². The minimum Gasteiger partial charge on any atom is -0.493 e. The van der Waals surface area contributed by atoms with Crippen LogP contribution in [0.15, 0.2) is 76.6 Å². The highest BCUT2D eigenvalue weighted by atomic mass is 35.5. The number of hydrogen-bond donors (Lipinski definition) is 1. The molecule has 0 atom stereocenters. The number of anilines is 1. The van der Waals surface area contributed by atoms with E-state index in [1.54, 1.807) is 72.8 Å². The van der Waals surface area contributed by atoms with Crippen LogP contribution in [0.2, 0.25) is 10.0 Å². The number of benzene rings is 3. The Morgan fingerprint density at radius 1 is 1.03 bits per heavy atom. The van der Waals surface area contributed by atoms with E-state index in [4.69, 9.17) is 37.8 Å². The van der Waals surface area contributed by atoms with Gasteiger partial charge in [0.05, 0.1) is 23.4 Å². The first kappa shape index (κ1) is 24.7. The maximum Gasteiger partial charge on any atom is 0.341 e. The molecule has 1 fully saturated rings. The van der Waals surface area contributed by atoms with E-state index < -0.39 is 12.6 Å². The summed E-state index contributed by atoms with van der Waals surface area (Å²) >= 11 is 13.2. The molecular formula is C25H18Cl2N2O5S. The number of carboxylic acid groups (broad SMARTS) is 1. The van der Waals surface area contributed by atoms with Crippen molar-refractivity contribution in [2.45, 2.75) is 0 Å². The van der Waals surface area contributed by atoms with Crippen molar-refractivity contribution in [1.29, 1.82) is 0 Å². The molecule has 35 heavy (non-hydrogen) atoms. The van der Waals surface area contributed by atoms with Crippen LogP contribution in [-0.2, 0) is 9.59 Å². The van der Waals surface area contributed by atoms with Crippen LogP contribution in [0.5, 0.6) is 11.5 Å². The van der Waals surface area contributed by atoms with Crippen molar-refractivity contribution < 1.29 is 24.2 Å². The number of halogens is 2. The highest BCUT2D eigenvalue weighted by molar-refractivity contribution is 8.19. The molecule has 0 aliphatic carbocycles. The third-order valence-corrected chi connectivity index (χ3v) is 6.25. The third kappa shape index (κ3) is 5.97. The van der Waals surface area contributed by atoms with Crippen LogP contribution in [0.3, 0.4) is 0 Å². The molecule has 1 N–H and O–H groups in total. The summed E-state index contributed by atoms with van der Waals surface area (Å²) in [5, 5.41) is 10.5. The third-order valence-electron chi connectivity index (χ3n) is 4.78. The fourth-order valence-corrected chi connectivity index (χ4v) is 4.43. The first-order valence-electron chi connectivity index (χ1n) is 10.2. The number of aliphatic carboxylic acids is 1. The Kier molecular flexibility index (Phi) is 7.65. The van der Waals surface area contributed by atoms with Gasteiger partial charge in [-0.05, 0) is 84.1 Å². The lowest BCUT2D eigenvalue weighted by Gasteiger charge is -2.15. The first-order chi connectivity index (χ1) is 16.8. The Balaban J connectivity index is 1.70. The summed E-state index contributed by atoms with van der Waals surface area (Å²) in [6.07, 6.45) is 1.71. The van der Waals surface area contributed by atoms with Crippen LogP contribution in [-0.4, -0.2) is 35.9 Å². The van der Waals surface area contributed by atoms with Crippen molar-refractivity contribution in [2.24, 2.45) is 4.99 Å². The van der Waals surface area contributed by atoms with Crippen LogP contribution < -0.4 is 14.4 Å². The van der Waals surface area contributed by atoms with E-state index in [9.17, 15) is 9.59 Å². The molecular weight excluding hydrogens is 511 g/mol. The number of carbonyl (C=O) groups is 2. The Labute approximate surface area is 215 Å². The van der Waals surface area contributed by atoms with Gasteiger partial charge in [0.1, 0.15) is 0 Å². The van der Waals surface area contributed by atoms with Gasteiger partial charge in [-0.2, -0.15) is 0 Å². The van der Waals surface area contributed by atoms with E-state index in [-0.39, 0.29) is 11.7 Å². The highest BCUT2D eigenvalue weighted by Gasteiger charge is 2.34. The Morgan fingerprint density at radius 2 is 1.69 bits per heavy atom. The zero-order valence-corrected chi connectivity index (χ0v) is 20.6. The number of carboxylic acids is 1. The summed E-state index contributed by atoms with van der Waals surface area (Å²) in [7, 11) is 1.45. The van der Waals surface area contributed by atoms with Crippen molar-refractivity contribution in [3.63, 3.8) is 0 Å². The molecule has 3 aromatic carbocycles. The number of aliphatic imine (C=N–C) groups is 1. The summed E-state index contributed by atoms with van der Waals surface area (Å²) in [6.45, 7) is -0.494. The van der Waals surface area contributed by atoms with Crippen LogP contribution >= 0.6 is 35.0 Å². The van der Waals surface area contributed by atoms with Crippen molar-refractivity contribution in [3.05, 3.63) is 87.2 Å². The summed E-state index contributed by atoms with van der Waals surface area (Å²) in [4.78, 5) is 30.9. The molecule has 3 aromatic rings. The number of ether oxygens (including phenoxy) is 2. The Bertz CT molecular complexity index is 1320. The number of nitrogens with zero attached hydrogens (tertiary/aromatic N) is 2. The molecule has 1 amide bonds. The second-order valence-electron chi connectivity index (χ2n) is 7.19. The molecule has 7 nitrogen and oxygen atoms in total. The second-order valence-corrected chi connectivity index (χ2v) is 9.07. The minimum absolute atomic E-state index is 0.254. The fourth-order valence-electron chi connectivity index (χ4n) is 3.18. The number of amides is 1. The maximum absolute atomic E-state index is 13.4. The van der Waals surface area contributed by atoms with Gasteiger partial charge < -0.3 is 14.6 Å². The summed E-state index contributed by atoms with van der Waals surface area (Å²) in [5.74, 6) is -0.716. The molecule has 4 rings (SSSR count). The van der Waals surface area contributed by atoms with E-state index in [2.05, 4.69) is 4.99 Å². The van der Waals surface area contributed by atoms with Gasteiger partial charge in [0.25, 0.3) is 5.91 Å². The molecule has 0 bridgehead atoms. The SMILES string of the molecule is COc1cc(/C=C2\SC(=Nc3ccc(Cl)cc3)N(c3ccc(Cl)cc3)C2=O)ccc1OCC(=O)O. The van der Waals surface area contributed by atoms with E-state index >= 15 is 0 Å². The molecule has 0 radical (unpaired) electrons. The van der Waals surface area contributed by atoms with Crippen molar-refractivity contribution >= 4 is 69.5 Å². The lowest BCUT2D eigenvalue weighted by molar-refractivity contribution is -0.139. The van der Waals surface area contributed by atoms with Gasteiger partial charge in [0, 0.05) is 10.0 Å². The number of rotatable bonds is 7. The topological polar surface area (TPSA) is 88.4 Å². The van der Waals surface area contributed by atoms with Crippen LogP contribution in [0.1, 0.15) is 5.56 Å². The lowest BCUT2D eigenvalue weighted by atomic mass is 10.2. The quantitative estimate of drug-likeness (QED) is 0.363. The van der Waals surface area contributed by atoms with Gasteiger partial charge in [-0.3, -0.25) is 9.69 Å². The van der Waals surface area contributed by atoms with E-state index in [1.807, 2.05) is 0 Å². The monoisotopic (exact) mass is 528 g/mol. The molecule has 10 heteroatoms. The smallest absolute Gasteiger partial charge is 0.341 e. The second kappa shape index (κ2) is 10.9. The number of methoxy groups -OCH3 is 1. The largest absolute Gasteiger partial charge is 0.493 e. The first-order valence-corrected chi connectivity index (χ1v) is 11.8. The van der Waals surface area contributed by atoms with Crippen molar-refractivity contribution in [2.75, 3.05) is 18.6 Å². The van der Waals surface area contributed by atoms with Gasteiger partial charge in [0.2, 0.25) is 0 Å². The van der Waals surface area contributed by atoms with Crippen LogP contribution in [0.25, 0.3) is 6.08 Å². The van der Waals surface area contributed by atoms with Gasteiger partial charge in [-0.25, -0.2) is 9.79 Å². The molecule has 1 saturated heterocycles. The van der Waals surface area contributed by atoms with Gasteiger partial charge >= 0.3 is 5.97 Å². The predicted molar refractivity (Wildman–Crippen MR) is 139 cm³/mol. The molecule has 0 spiro atoms. The molecule has 0 saturated carbocycles. The summed E-state index contributed by atoms with van der Waals surface area (Å²) in [6, 6.07) is 18.9. The van der Waals surface area contributed by atoms with Gasteiger partial charge in [-0.15, -0.1) is 0 Å². The zero-order valence-electron chi connectivity index (χ0n) is 18.3. The van der Waals surface area contributed by atoms with Gasteiger partial charge in [-0.1, -0.05) is 29.3 Å². The van der Waals surface area contributed by atoms with Gasteiger partial charge in [0.15, 0.2) is 23.3 Å². The number of amidine groups is 1. The molecule has 178 valence electrons.